The summed E-state index contributed by atoms with van der Waals surface area (Å²) in [4.78, 5) is 22.8. The second-order valence-electron chi connectivity index (χ2n) is 14.2. The molecule has 0 aromatic carbocycles. The van der Waals surface area contributed by atoms with Crippen molar-refractivity contribution in [2.75, 3.05) is 52.8 Å². The summed E-state index contributed by atoms with van der Waals surface area (Å²) in [6, 6.07) is -1.29. The van der Waals surface area contributed by atoms with E-state index in [1.807, 2.05) is 0 Å². The third-order valence-corrected chi connectivity index (χ3v) is 10.8. The summed E-state index contributed by atoms with van der Waals surface area (Å²) in [5, 5.41) is 67.2. The minimum Gasteiger partial charge on any atom is -0.394 e. The first-order valence-corrected chi connectivity index (χ1v) is 20.1. The molecular formula is C32H57N2O21P. The third kappa shape index (κ3) is 11.8. The zero-order valence-electron chi connectivity index (χ0n) is 31.3. The molecule has 5 rings (SSSR count). The maximum atomic E-state index is 12.7. The Hall–Kier alpha value is -1.10. The van der Waals surface area contributed by atoms with Crippen molar-refractivity contribution in [1.82, 2.24) is 5.32 Å². The van der Waals surface area contributed by atoms with E-state index in [0.29, 0.717) is 13.2 Å². The van der Waals surface area contributed by atoms with Crippen LogP contribution in [0.25, 0.3) is 0 Å². The van der Waals surface area contributed by atoms with Crippen LogP contribution in [0.5, 0.6) is 0 Å². The Kier molecular flexibility index (Phi) is 17.2. The average Bonchev–Trinajstić information content (AvgIpc) is 3.13. The number of fused-ring (bicyclic) bond motifs is 1. The number of carbonyl (C=O) groups excluding carboxylic acids is 1. The molecule has 0 aliphatic carbocycles. The number of amides is 1. The standard InChI is InChI=1S/C32H57N2O21P/c1-14-17(37)10-19(39)29(48-14)52-26-21(12-35)50-31(46-9-8-45-7-6-44-5-4-33)23(34-16(3)36)27(26)53-32-28(54-30-20(40)11-18(38)15(2)49-30)24(41)25-22(51-32)13-47-56(42,43)55-25/h14-15,17-32,35,37-41H,4-13,33H2,1-3H3,(H,34,36)(H,42,43)/t14-,15-,17-,18-,19-,20-,21+,22+,23+,24-,25-,26+,27+,28+,29-,30-,31+,32-/m0/s1. The maximum absolute atomic E-state index is 12.7. The molecule has 0 radical (unpaired) electrons. The smallest absolute Gasteiger partial charge is 0.394 e. The van der Waals surface area contributed by atoms with Gasteiger partial charge in [-0.3, -0.25) is 13.8 Å². The van der Waals surface area contributed by atoms with Gasteiger partial charge < -0.3 is 94.0 Å². The van der Waals surface area contributed by atoms with Crippen molar-refractivity contribution in [1.29, 1.82) is 0 Å². The molecule has 0 bridgehead atoms. The van der Waals surface area contributed by atoms with Gasteiger partial charge in [-0.1, -0.05) is 0 Å². The van der Waals surface area contributed by atoms with Crippen LogP contribution in [0.15, 0.2) is 0 Å². The topological polar surface area (TPSA) is 325 Å². The summed E-state index contributed by atoms with van der Waals surface area (Å²) in [6.45, 7) is 4.24. The highest BCUT2D eigenvalue weighted by atomic mass is 31.2. The Labute approximate surface area is 323 Å². The van der Waals surface area contributed by atoms with Crippen molar-refractivity contribution < 1.29 is 101 Å². The van der Waals surface area contributed by atoms with Gasteiger partial charge in [0.1, 0.15) is 61.0 Å². The van der Waals surface area contributed by atoms with E-state index < -0.39 is 137 Å². The highest BCUT2D eigenvalue weighted by Crippen LogP contribution is 2.51. The number of phosphoric acid groups is 1. The fraction of sp³-hybridized carbons (Fsp3) is 0.969. The molecule has 326 valence electrons. The quantitative estimate of drug-likeness (QED) is 0.0494. The largest absolute Gasteiger partial charge is 0.472 e. The lowest BCUT2D eigenvalue weighted by molar-refractivity contribution is -0.387. The van der Waals surface area contributed by atoms with Gasteiger partial charge in [-0.2, -0.15) is 0 Å². The van der Waals surface area contributed by atoms with E-state index >= 15 is 0 Å². The molecule has 1 unspecified atom stereocenters. The van der Waals surface area contributed by atoms with E-state index in [0.717, 1.165) is 0 Å². The van der Waals surface area contributed by atoms with E-state index in [1.54, 1.807) is 6.92 Å². The summed E-state index contributed by atoms with van der Waals surface area (Å²) in [7, 11) is -4.64. The van der Waals surface area contributed by atoms with Crippen molar-refractivity contribution in [2.24, 2.45) is 5.73 Å². The van der Waals surface area contributed by atoms with Crippen LogP contribution in [-0.2, 0) is 65.8 Å². The van der Waals surface area contributed by atoms with Crippen LogP contribution in [0, 0.1) is 0 Å². The molecule has 19 atom stereocenters. The molecule has 23 nitrogen and oxygen atoms in total. The van der Waals surface area contributed by atoms with Crippen LogP contribution in [0.3, 0.4) is 0 Å². The molecule has 5 aliphatic rings. The number of hydrogen-bond acceptors (Lipinski definition) is 21. The lowest BCUT2D eigenvalue weighted by Gasteiger charge is -2.51. The number of nitrogens with two attached hydrogens (primary N) is 1. The first-order chi connectivity index (χ1) is 26.6. The molecule has 0 saturated carbocycles. The minimum atomic E-state index is -4.64. The van der Waals surface area contributed by atoms with Crippen molar-refractivity contribution in [3.63, 3.8) is 0 Å². The Morgan fingerprint density at radius 1 is 0.768 bits per heavy atom. The summed E-state index contributed by atoms with van der Waals surface area (Å²) < 4.78 is 81.9. The van der Waals surface area contributed by atoms with Gasteiger partial charge in [0.05, 0.1) is 70.7 Å². The van der Waals surface area contributed by atoms with E-state index in [2.05, 4.69) is 5.32 Å². The van der Waals surface area contributed by atoms with Crippen molar-refractivity contribution in [3.8, 4) is 0 Å². The van der Waals surface area contributed by atoms with Gasteiger partial charge in [-0.05, 0) is 13.8 Å². The number of aliphatic hydroxyl groups is 6. The number of rotatable bonds is 17. The summed E-state index contributed by atoms with van der Waals surface area (Å²) in [5.41, 5.74) is 5.43. The molecule has 5 fully saturated rings. The molecule has 0 spiro atoms. The van der Waals surface area contributed by atoms with Crippen LogP contribution in [-0.4, -0.2) is 205 Å². The number of hydrogen-bond donors (Lipinski definition) is 9. The highest BCUT2D eigenvalue weighted by Gasteiger charge is 2.58. The second kappa shape index (κ2) is 20.9. The van der Waals surface area contributed by atoms with Gasteiger partial charge >= 0.3 is 7.82 Å². The van der Waals surface area contributed by atoms with Gasteiger partial charge in [-0.15, -0.1) is 0 Å². The van der Waals surface area contributed by atoms with Gasteiger partial charge in [0, 0.05) is 26.3 Å². The first kappa shape index (κ1) is 46.0. The van der Waals surface area contributed by atoms with Crippen molar-refractivity contribution in [2.45, 2.75) is 144 Å². The summed E-state index contributed by atoms with van der Waals surface area (Å²) in [6.07, 6.45) is -23.1. The predicted octanol–water partition coefficient (Wildman–Crippen LogP) is -4.31. The molecule has 0 aromatic rings. The van der Waals surface area contributed by atoms with E-state index in [4.69, 9.17) is 62.1 Å². The molecule has 24 heteroatoms. The van der Waals surface area contributed by atoms with Gasteiger partial charge in [0.25, 0.3) is 0 Å². The first-order valence-electron chi connectivity index (χ1n) is 18.6. The normalized spacial score (nSPS) is 45.9. The number of ether oxygens (including phenoxy) is 10. The number of phosphoric ester groups is 1. The molecule has 5 saturated heterocycles. The van der Waals surface area contributed by atoms with Crippen molar-refractivity contribution >= 4 is 13.7 Å². The average molecular weight is 837 g/mol. The second-order valence-corrected chi connectivity index (χ2v) is 15.6. The molecule has 5 heterocycles. The monoisotopic (exact) mass is 836 g/mol. The van der Waals surface area contributed by atoms with Gasteiger partial charge in [-0.25, -0.2) is 4.57 Å². The lowest BCUT2D eigenvalue weighted by atomic mass is 9.94. The van der Waals surface area contributed by atoms with Gasteiger partial charge in [0.15, 0.2) is 25.2 Å². The number of carbonyl (C=O) groups is 1. The SMILES string of the molecule is CC(=O)N[C@H]1[C@H](OCCOCCOCCN)O[C@H](CO)[C@@H](O[C@@H]2O[C@@H](C)[C@@H](O)C[C@@H]2O)[C@@H]1O[C@@H]1O[C@@H]2COP(=O)(O)O[C@@H]2[C@H](O)[C@H]1O[C@@H]1O[C@@H](C)[C@@H](O)C[C@@H]1O. The zero-order valence-corrected chi connectivity index (χ0v) is 32.2. The Bertz CT molecular complexity index is 1280. The van der Waals surface area contributed by atoms with Crippen molar-refractivity contribution in [3.05, 3.63) is 0 Å². The number of nitrogens with one attached hydrogen (secondary N) is 1. The Morgan fingerprint density at radius 2 is 1.34 bits per heavy atom. The van der Waals surface area contributed by atoms with Crippen LogP contribution >= 0.6 is 7.82 Å². The third-order valence-electron chi connectivity index (χ3n) is 9.86. The molecule has 1 amide bonds. The van der Waals surface area contributed by atoms with Crippen LogP contribution in [0.2, 0.25) is 0 Å². The molecular weight excluding hydrogens is 779 g/mol. The van der Waals surface area contributed by atoms with Crippen LogP contribution in [0.1, 0.15) is 33.6 Å². The summed E-state index contributed by atoms with van der Waals surface area (Å²) in [5.74, 6) is -0.586. The molecule has 5 aliphatic heterocycles. The Morgan fingerprint density at radius 3 is 1.93 bits per heavy atom. The van der Waals surface area contributed by atoms with E-state index in [1.165, 1.54) is 13.8 Å². The van der Waals surface area contributed by atoms with Crippen LogP contribution in [0.4, 0.5) is 0 Å². The summed E-state index contributed by atoms with van der Waals surface area (Å²) >= 11 is 0. The van der Waals surface area contributed by atoms with E-state index in [-0.39, 0.29) is 39.3 Å². The maximum Gasteiger partial charge on any atom is 0.472 e. The minimum absolute atomic E-state index is 0.0542. The lowest BCUT2D eigenvalue weighted by Crippen LogP contribution is -2.70. The zero-order chi connectivity index (χ0) is 40.7. The van der Waals surface area contributed by atoms with Crippen LogP contribution < -0.4 is 11.1 Å². The molecule has 0 aromatic heterocycles. The fourth-order valence-corrected chi connectivity index (χ4v) is 7.86. The highest BCUT2D eigenvalue weighted by molar-refractivity contribution is 7.47. The fourth-order valence-electron chi connectivity index (χ4n) is 6.90. The number of aliphatic hydroxyl groups excluding tert-OH is 6. The van der Waals surface area contributed by atoms with E-state index in [9.17, 15) is 44.9 Å². The predicted molar refractivity (Wildman–Crippen MR) is 182 cm³/mol. The van der Waals surface area contributed by atoms with Gasteiger partial charge in [0.2, 0.25) is 5.91 Å². The Balaban J connectivity index is 1.46. The molecule has 56 heavy (non-hydrogen) atoms. The molecule has 10 N–H and O–H groups in total.